The average molecular weight is 308 g/mol. The van der Waals surface area contributed by atoms with E-state index in [4.69, 9.17) is 5.11 Å². The van der Waals surface area contributed by atoms with E-state index >= 15 is 0 Å². The molecule has 0 aliphatic carbocycles. The smallest absolute Gasteiger partial charge is 0.254 e. The molecule has 0 radical (unpaired) electrons. The van der Waals surface area contributed by atoms with E-state index in [9.17, 15) is 4.79 Å². The van der Waals surface area contributed by atoms with Gasteiger partial charge in [-0.1, -0.05) is 0 Å². The van der Waals surface area contributed by atoms with Crippen molar-refractivity contribution in [1.29, 1.82) is 0 Å². The van der Waals surface area contributed by atoms with Gasteiger partial charge in [-0.25, -0.2) is 0 Å². The largest absolute Gasteiger partial charge is 0.395 e. The van der Waals surface area contributed by atoms with Crippen molar-refractivity contribution in [2.24, 2.45) is 0 Å². The van der Waals surface area contributed by atoms with Crippen molar-refractivity contribution < 1.29 is 9.90 Å². The summed E-state index contributed by atoms with van der Waals surface area (Å²) in [5.41, 5.74) is 1.97. The van der Waals surface area contributed by atoms with E-state index in [2.05, 4.69) is 5.32 Å². The third-order valence-corrected chi connectivity index (χ3v) is 5.68. The molecule has 0 saturated heterocycles. The van der Waals surface area contributed by atoms with E-state index in [0.29, 0.717) is 6.54 Å². The van der Waals surface area contributed by atoms with Gasteiger partial charge in [0.25, 0.3) is 5.91 Å². The zero-order valence-electron chi connectivity index (χ0n) is 11.0. The van der Waals surface area contributed by atoms with Crippen LogP contribution in [0.15, 0.2) is 24.5 Å². The molecule has 1 aliphatic rings. The third-order valence-electron chi connectivity index (χ3n) is 3.27. The molecule has 2 N–H and O–H groups in total. The van der Waals surface area contributed by atoms with E-state index < -0.39 is 0 Å². The summed E-state index contributed by atoms with van der Waals surface area (Å²) in [6.45, 7) is 0.260. The Kier molecular flexibility index (Phi) is 4.14. The van der Waals surface area contributed by atoms with Crippen LogP contribution in [0.25, 0.3) is 5.00 Å². The number of hydrogen-bond acceptors (Lipinski definition) is 4. The Hall–Kier alpha value is -1.24. The molecule has 4 nitrogen and oxygen atoms in total. The van der Waals surface area contributed by atoms with Gasteiger partial charge in [-0.3, -0.25) is 4.79 Å². The van der Waals surface area contributed by atoms with Crippen molar-refractivity contribution in [1.82, 2.24) is 9.88 Å². The lowest BCUT2D eigenvalue weighted by Crippen LogP contribution is -2.28. The van der Waals surface area contributed by atoms with Crippen LogP contribution in [0.5, 0.6) is 0 Å². The molecule has 0 aromatic carbocycles. The second-order valence-electron chi connectivity index (χ2n) is 4.56. The maximum Gasteiger partial charge on any atom is 0.254 e. The first-order valence-electron chi connectivity index (χ1n) is 6.56. The summed E-state index contributed by atoms with van der Waals surface area (Å²) >= 11 is 3.62. The number of amides is 1. The minimum atomic E-state index is -0.0767. The van der Waals surface area contributed by atoms with Crippen LogP contribution in [-0.2, 0) is 12.2 Å². The summed E-state index contributed by atoms with van der Waals surface area (Å²) in [4.78, 5) is 13.7. The third kappa shape index (κ3) is 2.51. The number of nitrogens with zero attached hydrogens (tertiary/aromatic N) is 1. The number of hydrogen-bond donors (Lipinski definition) is 2. The number of thiophene rings is 1. The number of aliphatic hydroxyl groups is 1. The first-order valence-corrected chi connectivity index (χ1v) is 8.53. The van der Waals surface area contributed by atoms with Gasteiger partial charge in [0.2, 0.25) is 0 Å². The lowest BCUT2D eigenvalue weighted by molar-refractivity contribution is 0.0944. The van der Waals surface area contributed by atoms with Gasteiger partial charge in [0.1, 0.15) is 5.00 Å². The molecule has 0 spiro atoms. The number of aliphatic hydroxyl groups excluding tert-OH is 1. The standard InChI is InChI=1S/C14H16N2O2S2/c17-7-4-15-13(18)12-10-3-8-19-9-11(10)20-14(12)16-5-1-2-6-16/h1-2,5-6,17H,3-4,7-9H2,(H,15,18). The van der Waals surface area contributed by atoms with Crippen molar-refractivity contribution >= 4 is 29.0 Å². The number of nitrogens with one attached hydrogen (secondary N) is 1. The van der Waals surface area contributed by atoms with Gasteiger partial charge in [0.05, 0.1) is 12.2 Å². The highest BCUT2D eigenvalue weighted by atomic mass is 32.2. The zero-order valence-corrected chi connectivity index (χ0v) is 12.6. The highest BCUT2D eigenvalue weighted by molar-refractivity contribution is 7.98. The summed E-state index contributed by atoms with van der Waals surface area (Å²) in [5.74, 6) is 1.98. The predicted molar refractivity (Wildman–Crippen MR) is 82.9 cm³/mol. The van der Waals surface area contributed by atoms with E-state index in [1.54, 1.807) is 11.3 Å². The van der Waals surface area contributed by atoms with Crippen molar-refractivity contribution in [3.63, 3.8) is 0 Å². The fourth-order valence-corrected chi connectivity index (χ4v) is 4.81. The van der Waals surface area contributed by atoms with E-state index in [-0.39, 0.29) is 12.5 Å². The summed E-state index contributed by atoms with van der Waals surface area (Å²) in [5, 5.41) is 12.7. The second kappa shape index (κ2) is 6.03. The highest BCUT2D eigenvalue weighted by Crippen LogP contribution is 2.38. The van der Waals surface area contributed by atoms with Crippen LogP contribution in [-0.4, -0.2) is 34.5 Å². The maximum atomic E-state index is 12.4. The van der Waals surface area contributed by atoms with Gasteiger partial charge in [-0.05, 0) is 29.9 Å². The minimum Gasteiger partial charge on any atom is -0.395 e. The molecular formula is C14H16N2O2S2. The number of carbonyl (C=O) groups excluding carboxylic acids is 1. The molecule has 6 heteroatoms. The van der Waals surface area contributed by atoms with Gasteiger partial charge in [0.15, 0.2) is 0 Å². The molecule has 1 amide bonds. The SMILES string of the molecule is O=C(NCCO)c1c(-n2cccc2)sc2c1CCSC2. The van der Waals surface area contributed by atoms with Gasteiger partial charge in [-0.2, -0.15) is 11.8 Å². The Morgan fingerprint density at radius 2 is 2.20 bits per heavy atom. The van der Waals surface area contributed by atoms with Crippen molar-refractivity contribution in [2.45, 2.75) is 12.2 Å². The predicted octanol–water partition coefficient (Wildman–Crippen LogP) is 2.05. The van der Waals surface area contributed by atoms with Crippen molar-refractivity contribution in [2.75, 3.05) is 18.9 Å². The molecule has 2 aromatic rings. The Morgan fingerprint density at radius 3 is 2.95 bits per heavy atom. The molecule has 1 aliphatic heterocycles. The normalized spacial score (nSPS) is 14.1. The zero-order chi connectivity index (χ0) is 13.9. The molecule has 0 atom stereocenters. The molecule has 0 bridgehead atoms. The Morgan fingerprint density at radius 1 is 1.40 bits per heavy atom. The molecule has 0 saturated carbocycles. The molecule has 3 rings (SSSR count). The van der Waals surface area contributed by atoms with Crippen molar-refractivity contribution in [3.05, 3.63) is 40.5 Å². The summed E-state index contributed by atoms with van der Waals surface area (Å²) in [6, 6.07) is 3.92. The fraction of sp³-hybridized carbons (Fsp3) is 0.357. The molecule has 106 valence electrons. The number of thioether (sulfide) groups is 1. The van der Waals surface area contributed by atoms with Gasteiger partial charge < -0.3 is 15.0 Å². The Labute approximate surface area is 125 Å². The van der Waals surface area contributed by atoms with Crippen LogP contribution in [0.1, 0.15) is 20.8 Å². The Balaban J connectivity index is 2.04. The topological polar surface area (TPSA) is 54.3 Å². The first-order chi connectivity index (χ1) is 9.81. The number of fused-ring (bicyclic) bond motifs is 1. The van der Waals surface area contributed by atoms with Crippen LogP contribution >= 0.6 is 23.1 Å². The van der Waals surface area contributed by atoms with Gasteiger partial charge in [0, 0.05) is 29.6 Å². The van der Waals surface area contributed by atoms with Crippen LogP contribution in [0.2, 0.25) is 0 Å². The maximum absolute atomic E-state index is 12.4. The van der Waals surface area contributed by atoms with E-state index in [1.807, 2.05) is 40.9 Å². The number of carbonyl (C=O) groups is 1. The number of aromatic nitrogens is 1. The van der Waals surface area contributed by atoms with Crippen LogP contribution in [0.4, 0.5) is 0 Å². The molecule has 3 heterocycles. The molecule has 0 unspecified atom stereocenters. The van der Waals surface area contributed by atoms with E-state index in [0.717, 1.165) is 28.5 Å². The Bertz CT molecular complexity index is 605. The monoisotopic (exact) mass is 308 g/mol. The molecular weight excluding hydrogens is 292 g/mol. The highest BCUT2D eigenvalue weighted by Gasteiger charge is 2.25. The summed E-state index contributed by atoms with van der Waals surface area (Å²) in [7, 11) is 0. The fourth-order valence-electron chi connectivity index (χ4n) is 2.36. The van der Waals surface area contributed by atoms with E-state index in [1.165, 1.54) is 10.4 Å². The minimum absolute atomic E-state index is 0.0349. The number of rotatable bonds is 4. The van der Waals surface area contributed by atoms with Gasteiger partial charge >= 0.3 is 0 Å². The van der Waals surface area contributed by atoms with Crippen LogP contribution in [0.3, 0.4) is 0 Å². The molecule has 2 aromatic heterocycles. The van der Waals surface area contributed by atoms with Crippen LogP contribution < -0.4 is 5.32 Å². The van der Waals surface area contributed by atoms with Crippen molar-refractivity contribution in [3.8, 4) is 5.00 Å². The molecule has 20 heavy (non-hydrogen) atoms. The van der Waals surface area contributed by atoms with Gasteiger partial charge in [-0.15, -0.1) is 11.3 Å². The summed E-state index contributed by atoms with van der Waals surface area (Å²) < 4.78 is 2.00. The average Bonchev–Trinajstić information content (AvgIpc) is 3.11. The first kappa shape index (κ1) is 13.7. The van der Waals surface area contributed by atoms with Crippen LogP contribution in [0, 0.1) is 0 Å². The lowest BCUT2D eigenvalue weighted by atomic mass is 10.1. The summed E-state index contributed by atoms with van der Waals surface area (Å²) in [6.07, 6.45) is 4.88. The lowest BCUT2D eigenvalue weighted by Gasteiger charge is -2.12. The second-order valence-corrected chi connectivity index (χ2v) is 6.75. The quantitative estimate of drug-likeness (QED) is 0.909. The molecule has 0 fully saturated rings.